The van der Waals surface area contributed by atoms with Crippen LogP contribution in [0.15, 0.2) is 62.1 Å². The number of nitrogens with one attached hydrogen (secondary N) is 2. The fourth-order valence-electron chi connectivity index (χ4n) is 2.23. The molecule has 2 aromatic rings. The third kappa shape index (κ3) is 5.46. The smallest absolute Gasteiger partial charge is 0.266 e. The maximum absolute atomic E-state index is 6.31. The average Bonchev–Trinajstić information content (AvgIpc) is 2.49. The molecule has 26 heavy (non-hydrogen) atoms. The lowest BCUT2D eigenvalue weighted by molar-refractivity contribution is 1.46. The minimum Gasteiger partial charge on any atom is -0.319 e. The van der Waals surface area contributed by atoms with Gasteiger partial charge in [0.25, 0.3) is 19.3 Å². The van der Waals surface area contributed by atoms with E-state index in [1.807, 2.05) is 62.4 Å². The van der Waals surface area contributed by atoms with Gasteiger partial charge in [-0.25, -0.2) is 0 Å². The Bertz CT molecular complexity index is 918. The molecule has 5 nitrogen and oxygen atoms in total. The van der Waals surface area contributed by atoms with Crippen LogP contribution in [0.1, 0.15) is 11.1 Å². The van der Waals surface area contributed by atoms with Crippen molar-refractivity contribution in [3.8, 4) is 0 Å². The molecule has 0 unspecified atom stereocenters. The number of rotatable bonds is 4. The summed E-state index contributed by atoms with van der Waals surface area (Å²) in [7, 11) is -2.88. The summed E-state index contributed by atoms with van der Waals surface area (Å²) in [6, 6.07) is 15.6. The molecule has 3 rings (SSSR count). The first kappa shape index (κ1) is 20.6. The Morgan fingerprint density at radius 3 is 1.38 bits per heavy atom. The van der Waals surface area contributed by atoms with Crippen molar-refractivity contribution in [3.05, 3.63) is 59.7 Å². The highest BCUT2D eigenvalue weighted by molar-refractivity contribution is 8.21. The van der Waals surface area contributed by atoms with Gasteiger partial charge in [0.05, 0.1) is 0 Å². The Balaban J connectivity index is 2.11. The Morgan fingerprint density at radius 1 is 0.615 bits per heavy atom. The molecule has 140 valence electrons. The van der Waals surface area contributed by atoms with Crippen LogP contribution in [0.3, 0.4) is 0 Å². The van der Waals surface area contributed by atoms with Gasteiger partial charge in [-0.15, -0.1) is 0 Å². The zero-order valence-electron chi connectivity index (χ0n) is 13.8. The van der Waals surface area contributed by atoms with Crippen molar-refractivity contribution in [2.45, 2.75) is 13.8 Å². The maximum Gasteiger partial charge on any atom is 0.266 e. The molecule has 0 atom stereocenters. The normalized spacial score (nSPS) is 19.5. The van der Waals surface area contributed by atoms with E-state index in [-0.39, 0.29) is 0 Å². The highest BCUT2D eigenvalue weighted by Gasteiger charge is 2.34. The van der Waals surface area contributed by atoms with Crippen LogP contribution in [-0.4, -0.2) is 0 Å². The number of aryl methyl sites for hydroxylation is 2. The number of halogens is 4. The van der Waals surface area contributed by atoms with Gasteiger partial charge in [-0.05, 0) is 83.1 Å². The zero-order chi connectivity index (χ0) is 19.0. The van der Waals surface area contributed by atoms with Crippen LogP contribution in [0, 0.1) is 13.8 Å². The molecule has 0 aromatic heterocycles. The summed E-state index contributed by atoms with van der Waals surface area (Å²) in [5.74, 6) is -6.12. The molecule has 0 fully saturated rings. The Kier molecular flexibility index (Phi) is 6.12. The molecule has 0 saturated heterocycles. The zero-order valence-corrected chi connectivity index (χ0v) is 19.5. The Labute approximate surface area is 172 Å². The van der Waals surface area contributed by atoms with Gasteiger partial charge in [0.15, 0.2) is 0 Å². The van der Waals surface area contributed by atoms with Gasteiger partial charge < -0.3 is 10.2 Å². The minimum absolute atomic E-state index is 0.805. The summed E-state index contributed by atoms with van der Waals surface area (Å²) in [5.41, 5.74) is 3.88. The van der Waals surface area contributed by atoms with Crippen molar-refractivity contribution in [2.75, 3.05) is 10.2 Å². The van der Waals surface area contributed by atoms with Gasteiger partial charge in [0.2, 0.25) is 0 Å². The molecule has 0 radical (unpaired) electrons. The van der Waals surface area contributed by atoms with E-state index in [2.05, 4.69) is 23.7 Å². The molecule has 12 heteroatoms. The largest absolute Gasteiger partial charge is 0.319 e. The van der Waals surface area contributed by atoms with Crippen molar-refractivity contribution in [2.24, 2.45) is 13.5 Å². The molecule has 1 aliphatic rings. The highest BCUT2D eigenvalue weighted by atomic mass is 35.9. The monoisotopic (exact) mass is 487 g/mol. The first-order chi connectivity index (χ1) is 12.1. The quantitative estimate of drug-likeness (QED) is 0.420. The van der Waals surface area contributed by atoms with Crippen LogP contribution in [0.4, 0.5) is 11.4 Å². The number of nitrogens with zero attached hydrogens (tertiary/aromatic N) is 3. The van der Waals surface area contributed by atoms with Gasteiger partial charge in [0.1, 0.15) is 0 Å². The van der Waals surface area contributed by atoms with Crippen molar-refractivity contribution in [1.82, 2.24) is 0 Å². The van der Waals surface area contributed by atoms with Crippen LogP contribution >= 0.6 is 64.3 Å². The second-order valence-electron chi connectivity index (χ2n) is 5.74. The van der Waals surface area contributed by atoms with Gasteiger partial charge in [-0.3, -0.25) is 0 Å². The van der Waals surface area contributed by atoms with Crippen LogP contribution < -0.4 is 10.2 Å². The van der Waals surface area contributed by atoms with E-state index in [4.69, 9.17) is 45.0 Å². The Hall–Kier alpha value is -0.110. The Morgan fingerprint density at radius 2 is 1.00 bits per heavy atom. The summed E-state index contributed by atoms with van der Waals surface area (Å²) < 4.78 is 13.1. The van der Waals surface area contributed by atoms with E-state index in [0.717, 1.165) is 22.5 Å². The predicted molar refractivity (Wildman–Crippen MR) is 121 cm³/mol. The minimum atomic E-state index is -3.06. The average molecular weight is 489 g/mol. The molecular weight excluding hydrogens is 473 g/mol. The molecule has 1 heterocycles. The summed E-state index contributed by atoms with van der Waals surface area (Å²) in [6.45, 7) is 4.02. The molecule has 0 amide bonds. The molecule has 0 bridgehead atoms. The van der Waals surface area contributed by atoms with Crippen LogP contribution in [0.2, 0.25) is 0 Å². The molecular formula is C14H16Cl4N5P3. The van der Waals surface area contributed by atoms with E-state index in [1.54, 1.807) is 0 Å². The predicted octanol–water partition coefficient (Wildman–Crippen LogP) is 9.63. The van der Waals surface area contributed by atoms with Gasteiger partial charge in [-0.1, -0.05) is 35.4 Å². The third-order valence-corrected chi connectivity index (χ3v) is 14.9. The highest BCUT2D eigenvalue weighted by Crippen LogP contribution is 2.84. The lowest BCUT2D eigenvalue weighted by atomic mass is 10.2. The third-order valence-electron chi connectivity index (χ3n) is 3.36. The SMILES string of the molecule is Cc1ccc(NP2(Nc3ccc(C)cc3)=NP(Cl)(Cl)=NP(Cl)(Cl)=N2)cc1. The second kappa shape index (κ2) is 7.72. The number of benzene rings is 2. The van der Waals surface area contributed by atoms with Crippen molar-refractivity contribution in [3.63, 3.8) is 0 Å². The first-order valence-corrected chi connectivity index (χ1v) is 16.2. The molecule has 0 spiro atoms. The van der Waals surface area contributed by atoms with E-state index in [1.165, 1.54) is 0 Å². The summed E-state index contributed by atoms with van der Waals surface area (Å²) >= 11 is 25.3. The summed E-state index contributed by atoms with van der Waals surface area (Å²) in [5, 5.41) is 6.64. The van der Waals surface area contributed by atoms with Crippen LogP contribution in [0.25, 0.3) is 0 Å². The molecule has 1 aliphatic heterocycles. The van der Waals surface area contributed by atoms with E-state index < -0.39 is 19.3 Å². The second-order valence-corrected chi connectivity index (χ2v) is 18.1. The van der Waals surface area contributed by atoms with E-state index in [9.17, 15) is 0 Å². The number of hydrogen-bond donors (Lipinski definition) is 2. The summed E-state index contributed by atoms with van der Waals surface area (Å²) in [6.07, 6.45) is 0. The molecule has 0 saturated carbocycles. The van der Waals surface area contributed by atoms with Crippen LogP contribution in [-0.2, 0) is 0 Å². The molecule has 2 N–H and O–H groups in total. The van der Waals surface area contributed by atoms with Crippen LogP contribution in [0.5, 0.6) is 0 Å². The molecule has 0 aliphatic carbocycles. The number of hydrogen-bond acceptors (Lipinski definition) is 5. The van der Waals surface area contributed by atoms with Gasteiger partial charge in [0, 0.05) is 11.4 Å². The standard InChI is InChI=1S/C14H16Cl4N5P3/c1-11-3-7-13(8-4-11)19-26(20-14-9-5-12(2)6-10-14)22-24(15,16)21-25(17,18)23-26/h3-10,19-20H,1-2H3. The van der Waals surface area contributed by atoms with E-state index >= 15 is 0 Å². The topological polar surface area (TPSA) is 61.1 Å². The summed E-state index contributed by atoms with van der Waals surface area (Å²) in [4.78, 5) is 0. The number of anilines is 2. The van der Waals surface area contributed by atoms with Crippen molar-refractivity contribution >= 4 is 75.7 Å². The molecule has 2 aromatic carbocycles. The van der Waals surface area contributed by atoms with Crippen molar-refractivity contribution in [1.29, 1.82) is 0 Å². The first-order valence-electron chi connectivity index (χ1n) is 7.47. The van der Waals surface area contributed by atoms with E-state index in [0.29, 0.717) is 0 Å². The van der Waals surface area contributed by atoms with Gasteiger partial charge in [-0.2, -0.15) is 13.5 Å². The van der Waals surface area contributed by atoms with Crippen molar-refractivity contribution < 1.29 is 0 Å². The lowest BCUT2D eigenvalue weighted by Gasteiger charge is -2.29. The van der Waals surface area contributed by atoms with Gasteiger partial charge >= 0.3 is 0 Å². The maximum atomic E-state index is 6.31. The fraction of sp³-hybridized carbons (Fsp3) is 0.143. The lowest BCUT2D eigenvalue weighted by Crippen LogP contribution is -2.05. The fourth-order valence-corrected chi connectivity index (χ4v) is 17.2.